The Morgan fingerprint density at radius 2 is 2.00 bits per heavy atom. The molecule has 0 atom stereocenters. The molecule has 2 nitrogen and oxygen atoms in total. The van der Waals surface area contributed by atoms with Gasteiger partial charge in [-0.2, -0.15) is 18.4 Å². The van der Waals surface area contributed by atoms with Crippen molar-refractivity contribution in [3.05, 3.63) is 34.9 Å². The minimum absolute atomic E-state index is 0.0816. The second-order valence-corrected chi connectivity index (χ2v) is 2.83. The summed E-state index contributed by atoms with van der Waals surface area (Å²) in [6.45, 7) is -0.517. The number of benzene rings is 1. The van der Waals surface area contributed by atoms with E-state index in [9.17, 15) is 13.2 Å². The highest BCUT2D eigenvalue weighted by Gasteiger charge is 2.33. The molecule has 0 radical (unpaired) electrons. The Kier molecular flexibility index (Phi) is 3.55. The highest BCUT2D eigenvalue weighted by Crippen LogP contribution is 2.32. The molecule has 0 spiro atoms. The Morgan fingerprint density at radius 1 is 1.31 bits per heavy atom. The van der Waals surface area contributed by atoms with Crippen LogP contribution in [0.25, 0.3) is 0 Å². The van der Waals surface area contributed by atoms with Crippen LogP contribution in [-0.2, 0) is 6.18 Å². The molecule has 0 amide bonds. The lowest BCUT2D eigenvalue weighted by Crippen LogP contribution is -2.08. The molecule has 0 aliphatic rings. The van der Waals surface area contributed by atoms with E-state index in [4.69, 9.17) is 10.4 Å². The number of aliphatic hydroxyl groups excluding tert-OH is 1. The lowest BCUT2D eigenvalue weighted by atomic mass is 10.0. The zero-order chi connectivity index (χ0) is 12.2. The van der Waals surface area contributed by atoms with E-state index in [2.05, 4.69) is 11.8 Å². The zero-order valence-corrected chi connectivity index (χ0v) is 7.97. The average Bonchev–Trinajstić information content (AvgIpc) is 2.25. The van der Waals surface area contributed by atoms with Crippen molar-refractivity contribution in [2.24, 2.45) is 0 Å². The number of halogens is 3. The van der Waals surface area contributed by atoms with Gasteiger partial charge in [-0.1, -0.05) is 11.8 Å². The largest absolute Gasteiger partial charge is 0.417 e. The lowest BCUT2D eigenvalue weighted by Gasteiger charge is -2.09. The number of aliphatic hydroxyl groups is 1. The molecule has 82 valence electrons. The van der Waals surface area contributed by atoms with Gasteiger partial charge in [0.25, 0.3) is 0 Å². The van der Waals surface area contributed by atoms with E-state index in [-0.39, 0.29) is 11.1 Å². The van der Waals surface area contributed by atoms with E-state index >= 15 is 0 Å². The van der Waals surface area contributed by atoms with E-state index in [1.807, 2.05) is 0 Å². The summed E-state index contributed by atoms with van der Waals surface area (Å²) in [5.74, 6) is 4.33. The first kappa shape index (κ1) is 12.1. The maximum atomic E-state index is 12.6. The highest BCUT2D eigenvalue weighted by molar-refractivity contribution is 5.47. The molecule has 5 heteroatoms. The Bertz CT molecular complexity index is 489. The van der Waals surface area contributed by atoms with Crippen molar-refractivity contribution in [1.82, 2.24) is 0 Å². The summed E-state index contributed by atoms with van der Waals surface area (Å²) in [5, 5.41) is 16.9. The van der Waals surface area contributed by atoms with Gasteiger partial charge in [-0.05, 0) is 18.2 Å². The number of hydrogen-bond acceptors (Lipinski definition) is 2. The Balaban J connectivity index is 3.35. The summed E-state index contributed by atoms with van der Waals surface area (Å²) in [6, 6.07) is 4.72. The number of nitrogens with zero attached hydrogens (tertiary/aromatic N) is 1. The second kappa shape index (κ2) is 4.69. The van der Waals surface area contributed by atoms with E-state index in [0.29, 0.717) is 0 Å². The predicted molar refractivity (Wildman–Crippen MR) is 50.1 cm³/mol. The van der Waals surface area contributed by atoms with Crippen LogP contribution < -0.4 is 0 Å². The summed E-state index contributed by atoms with van der Waals surface area (Å²) >= 11 is 0. The third-order valence-electron chi connectivity index (χ3n) is 1.76. The fourth-order valence-electron chi connectivity index (χ4n) is 1.09. The first-order valence-electron chi connectivity index (χ1n) is 4.20. The van der Waals surface area contributed by atoms with Gasteiger partial charge in [-0.3, -0.25) is 0 Å². The van der Waals surface area contributed by atoms with Gasteiger partial charge in [-0.25, -0.2) is 0 Å². The van der Waals surface area contributed by atoms with Crippen molar-refractivity contribution in [2.75, 3.05) is 6.61 Å². The molecule has 1 N–H and O–H groups in total. The van der Waals surface area contributed by atoms with Crippen LogP contribution in [-0.4, -0.2) is 11.7 Å². The number of alkyl halides is 3. The zero-order valence-electron chi connectivity index (χ0n) is 7.97. The molecule has 0 saturated heterocycles. The van der Waals surface area contributed by atoms with Gasteiger partial charge in [-0.15, -0.1) is 0 Å². The smallest absolute Gasteiger partial charge is 0.384 e. The van der Waals surface area contributed by atoms with Crippen molar-refractivity contribution in [1.29, 1.82) is 5.26 Å². The van der Waals surface area contributed by atoms with Crippen LogP contribution >= 0.6 is 0 Å². The van der Waals surface area contributed by atoms with Gasteiger partial charge in [0.15, 0.2) is 0 Å². The van der Waals surface area contributed by atoms with Crippen LogP contribution in [0.3, 0.4) is 0 Å². The van der Waals surface area contributed by atoms with Crippen molar-refractivity contribution < 1.29 is 18.3 Å². The van der Waals surface area contributed by atoms with Crippen LogP contribution in [0, 0.1) is 23.2 Å². The number of nitriles is 1. The third-order valence-corrected chi connectivity index (χ3v) is 1.76. The highest BCUT2D eigenvalue weighted by atomic mass is 19.4. The summed E-state index contributed by atoms with van der Waals surface area (Å²) in [4.78, 5) is 0. The Hall–Kier alpha value is -1.98. The molecule has 0 bridgehead atoms. The summed E-state index contributed by atoms with van der Waals surface area (Å²) < 4.78 is 37.7. The van der Waals surface area contributed by atoms with Gasteiger partial charge < -0.3 is 5.11 Å². The van der Waals surface area contributed by atoms with Gasteiger partial charge in [0.05, 0.1) is 17.2 Å². The quantitative estimate of drug-likeness (QED) is 0.685. The maximum absolute atomic E-state index is 12.6. The van der Waals surface area contributed by atoms with Gasteiger partial charge in [0, 0.05) is 5.56 Å². The van der Waals surface area contributed by atoms with Gasteiger partial charge in [0.1, 0.15) is 6.61 Å². The molecular formula is C11H6F3NO. The van der Waals surface area contributed by atoms with Gasteiger partial charge >= 0.3 is 6.18 Å². The molecule has 0 aliphatic heterocycles. The number of rotatable bonds is 0. The fourth-order valence-corrected chi connectivity index (χ4v) is 1.09. The van der Waals surface area contributed by atoms with E-state index < -0.39 is 18.3 Å². The Morgan fingerprint density at radius 3 is 2.50 bits per heavy atom. The van der Waals surface area contributed by atoms with Crippen molar-refractivity contribution >= 4 is 0 Å². The molecule has 0 aliphatic carbocycles. The minimum atomic E-state index is -4.56. The first-order valence-corrected chi connectivity index (χ1v) is 4.20. The Labute approximate surface area is 89.9 Å². The minimum Gasteiger partial charge on any atom is -0.384 e. The monoisotopic (exact) mass is 225 g/mol. The standard InChI is InChI=1S/C11H6F3NO/c12-11(13,14)10-6-8(7-15)3-4-9(10)2-1-5-16/h3-4,6,16H,5H2. The van der Waals surface area contributed by atoms with E-state index in [1.54, 1.807) is 6.07 Å². The van der Waals surface area contributed by atoms with Crippen LogP contribution in [0.2, 0.25) is 0 Å². The third kappa shape index (κ3) is 2.75. The van der Waals surface area contributed by atoms with Crippen LogP contribution in [0.4, 0.5) is 13.2 Å². The van der Waals surface area contributed by atoms with E-state index in [0.717, 1.165) is 12.1 Å². The molecular weight excluding hydrogens is 219 g/mol. The molecule has 1 rings (SSSR count). The van der Waals surface area contributed by atoms with Crippen LogP contribution in [0.5, 0.6) is 0 Å². The second-order valence-electron chi connectivity index (χ2n) is 2.83. The average molecular weight is 225 g/mol. The maximum Gasteiger partial charge on any atom is 0.417 e. The van der Waals surface area contributed by atoms with Crippen LogP contribution in [0.1, 0.15) is 16.7 Å². The predicted octanol–water partition coefficient (Wildman–Crippen LogP) is 1.92. The summed E-state index contributed by atoms with van der Waals surface area (Å²) in [7, 11) is 0. The van der Waals surface area contributed by atoms with Crippen molar-refractivity contribution in [3.8, 4) is 17.9 Å². The first-order chi connectivity index (χ1) is 7.49. The summed E-state index contributed by atoms with van der Waals surface area (Å²) in [6.07, 6.45) is -4.56. The van der Waals surface area contributed by atoms with Crippen molar-refractivity contribution in [2.45, 2.75) is 6.18 Å². The SMILES string of the molecule is N#Cc1ccc(C#CCO)c(C(F)(F)F)c1. The van der Waals surface area contributed by atoms with Crippen molar-refractivity contribution in [3.63, 3.8) is 0 Å². The molecule has 1 aromatic carbocycles. The van der Waals surface area contributed by atoms with Crippen LogP contribution in [0.15, 0.2) is 18.2 Å². The van der Waals surface area contributed by atoms with E-state index in [1.165, 1.54) is 6.07 Å². The lowest BCUT2D eigenvalue weighted by molar-refractivity contribution is -0.137. The fraction of sp³-hybridized carbons (Fsp3) is 0.182. The molecule has 0 saturated carbocycles. The molecule has 1 aromatic rings. The molecule has 0 aromatic heterocycles. The summed E-state index contributed by atoms with van der Waals surface area (Å²) in [5.41, 5.74) is -1.30. The normalized spacial score (nSPS) is 10.2. The van der Waals surface area contributed by atoms with Gasteiger partial charge in [0.2, 0.25) is 0 Å². The molecule has 16 heavy (non-hydrogen) atoms. The topological polar surface area (TPSA) is 44.0 Å². The number of hydrogen-bond donors (Lipinski definition) is 1. The molecule has 0 unspecified atom stereocenters. The molecule has 0 fully saturated rings. The molecule has 0 heterocycles.